The number of nitrogens with zero attached hydrogens (tertiary/aromatic N) is 2. The molecule has 0 amide bonds. The predicted molar refractivity (Wildman–Crippen MR) is 87.6 cm³/mol. The van der Waals surface area contributed by atoms with Gasteiger partial charge in [-0.25, -0.2) is 9.97 Å². The normalized spacial score (nSPS) is 11.7. The number of hydrogen-bond acceptors (Lipinski definition) is 3. The number of unbranched alkanes of at least 4 members (excludes halogenated alkanes) is 2. The third-order valence-electron chi connectivity index (χ3n) is 3.64. The van der Waals surface area contributed by atoms with E-state index in [-0.39, 0.29) is 5.41 Å². The molecule has 0 aliphatic rings. The van der Waals surface area contributed by atoms with Crippen molar-refractivity contribution in [3.8, 4) is 0 Å². The van der Waals surface area contributed by atoms with Crippen LogP contribution < -0.4 is 5.32 Å². The van der Waals surface area contributed by atoms with Crippen molar-refractivity contribution in [2.45, 2.75) is 66.7 Å². The molecule has 0 bridgehead atoms. The van der Waals surface area contributed by atoms with E-state index >= 15 is 0 Å². The van der Waals surface area contributed by atoms with Crippen LogP contribution in [0.15, 0.2) is 0 Å². The summed E-state index contributed by atoms with van der Waals surface area (Å²) in [7, 11) is 0. The van der Waals surface area contributed by atoms with Gasteiger partial charge in [-0.05, 0) is 18.8 Å². The maximum absolute atomic E-state index is 6.16. The van der Waals surface area contributed by atoms with Crippen molar-refractivity contribution in [3.05, 3.63) is 16.5 Å². The van der Waals surface area contributed by atoms with Gasteiger partial charge in [-0.1, -0.05) is 58.6 Å². The first-order valence-corrected chi connectivity index (χ1v) is 8.04. The molecule has 0 spiro atoms. The highest BCUT2D eigenvalue weighted by Crippen LogP contribution is 2.26. The van der Waals surface area contributed by atoms with Gasteiger partial charge >= 0.3 is 0 Å². The Morgan fingerprint density at radius 1 is 1.15 bits per heavy atom. The molecule has 1 rings (SSSR count). The van der Waals surface area contributed by atoms with E-state index in [0.29, 0.717) is 5.15 Å². The van der Waals surface area contributed by atoms with Gasteiger partial charge in [0.25, 0.3) is 0 Å². The smallest absolute Gasteiger partial charge is 0.137 e. The molecule has 0 aliphatic carbocycles. The molecule has 0 saturated heterocycles. The van der Waals surface area contributed by atoms with E-state index in [9.17, 15) is 0 Å². The van der Waals surface area contributed by atoms with Crippen LogP contribution in [0, 0.1) is 12.3 Å². The lowest BCUT2D eigenvalue weighted by Crippen LogP contribution is -2.24. The minimum Gasteiger partial charge on any atom is -0.369 e. The van der Waals surface area contributed by atoms with Crippen LogP contribution >= 0.6 is 11.6 Å². The molecule has 3 nitrogen and oxygen atoms in total. The zero-order valence-electron chi connectivity index (χ0n) is 13.5. The Morgan fingerprint density at radius 2 is 1.85 bits per heavy atom. The van der Waals surface area contributed by atoms with Crippen LogP contribution in [0.2, 0.25) is 5.15 Å². The largest absolute Gasteiger partial charge is 0.369 e. The van der Waals surface area contributed by atoms with Crippen LogP contribution in [-0.4, -0.2) is 16.5 Å². The van der Waals surface area contributed by atoms with Crippen molar-refractivity contribution < 1.29 is 0 Å². The van der Waals surface area contributed by atoms with E-state index in [1.807, 2.05) is 13.8 Å². The molecule has 4 heteroatoms. The Morgan fingerprint density at radius 3 is 2.45 bits per heavy atom. The summed E-state index contributed by atoms with van der Waals surface area (Å²) in [5, 5.41) is 4.02. The van der Waals surface area contributed by atoms with Crippen molar-refractivity contribution in [3.63, 3.8) is 0 Å². The number of hydrogen-bond donors (Lipinski definition) is 1. The summed E-state index contributed by atoms with van der Waals surface area (Å²) in [5.74, 6) is 1.68. The summed E-state index contributed by atoms with van der Waals surface area (Å²) in [6, 6.07) is 0. The number of anilines is 1. The maximum atomic E-state index is 6.16. The molecule has 0 fully saturated rings. The molecule has 20 heavy (non-hydrogen) atoms. The highest BCUT2D eigenvalue weighted by Gasteiger charge is 2.18. The molecule has 1 N–H and O–H groups in total. The lowest BCUT2D eigenvalue weighted by Gasteiger charge is -2.26. The van der Waals surface area contributed by atoms with E-state index in [1.165, 1.54) is 25.7 Å². The lowest BCUT2D eigenvalue weighted by molar-refractivity contribution is 0.342. The zero-order chi connectivity index (χ0) is 15.2. The van der Waals surface area contributed by atoms with Gasteiger partial charge in [-0.15, -0.1) is 0 Å². The third kappa shape index (κ3) is 5.28. The minimum absolute atomic E-state index is 0.269. The van der Waals surface area contributed by atoms with E-state index in [0.717, 1.165) is 30.2 Å². The number of halogens is 1. The van der Waals surface area contributed by atoms with Gasteiger partial charge in [-0.3, -0.25) is 0 Å². The second-order valence-electron chi connectivity index (χ2n) is 6.23. The van der Waals surface area contributed by atoms with Gasteiger partial charge in [0.05, 0.1) is 0 Å². The van der Waals surface area contributed by atoms with E-state index < -0.39 is 0 Å². The average molecular weight is 298 g/mol. The first kappa shape index (κ1) is 17.2. The van der Waals surface area contributed by atoms with Crippen molar-refractivity contribution in [1.29, 1.82) is 0 Å². The molecule has 0 unspecified atom stereocenters. The predicted octanol–water partition coefficient (Wildman–Crippen LogP) is 5.02. The van der Waals surface area contributed by atoms with Gasteiger partial charge in [0.15, 0.2) is 0 Å². The molecule has 0 aliphatic heterocycles. The topological polar surface area (TPSA) is 37.8 Å². The molecular weight excluding hydrogens is 270 g/mol. The van der Waals surface area contributed by atoms with E-state index in [1.54, 1.807) is 0 Å². The molecule has 0 aromatic carbocycles. The molecule has 0 saturated carbocycles. The Balaban J connectivity index is 2.66. The maximum Gasteiger partial charge on any atom is 0.137 e. The van der Waals surface area contributed by atoms with Crippen molar-refractivity contribution in [1.82, 2.24) is 9.97 Å². The van der Waals surface area contributed by atoms with E-state index in [4.69, 9.17) is 11.6 Å². The molecule has 114 valence electrons. The fraction of sp³-hybridized carbons (Fsp3) is 0.750. The van der Waals surface area contributed by atoms with Crippen LogP contribution in [0.5, 0.6) is 0 Å². The first-order valence-electron chi connectivity index (χ1n) is 7.66. The fourth-order valence-electron chi connectivity index (χ4n) is 2.13. The van der Waals surface area contributed by atoms with Gasteiger partial charge in [0.1, 0.15) is 16.8 Å². The summed E-state index contributed by atoms with van der Waals surface area (Å²) < 4.78 is 0. The highest BCUT2D eigenvalue weighted by atomic mass is 35.5. The zero-order valence-corrected chi connectivity index (χ0v) is 14.3. The Hall–Kier alpha value is -0.830. The summed E-state index contributed by atoms with van der Waals surface area (Å²) in [4.78, 5) is 8.82. The van der Waals surface area contributed by atoms with Gasteiger partial charge in [0.2, 0.25) is 0 Å². The van der Waals surface area contributed by atoms with E-state index in [2.05, 4.69) is 36.1 Å². The molecule has 1 aromatic heterocycles. The number of rotatable bonds is 8. The Kier molecular flexibility index (Phi) is 6.74. The monoisotopic (exact) mass is 297 g/mol. The van der Waals surface area contributed by atoms with Gasteiger partial charge in [0, 0.05) is 18.5 Å². The van der Waals surface area contributed by atoms with Gasteiger partial charge in [-0.2, -0.15) is 0 Å². The second-order valence-corrected chi connectivity index (χ2v) is 6.59. The Bertz CT molecular complexity index is 430. The number of aryl methyl sites for hydroxylation is 1. The van der Waals surface area contributed by atoms with Crippen molar-refractivity contribution in [2.24, 2.45) is 5.41 Å². The van der Waals surface area contributed by atoms with Crippen LogP contribution in [0.1, 0.15) is 64.8 Å². The summed E-state index contributed by atoms with van der Waals surface area (Å²) in [6.45, 7) is 11.8. The summed E-state index contributed by atoms with van der Waals surface area (Å²) >= 11 is 6.16. The Labute approximate surface area is 128 Å². The van der Waals surface area contributed by atoms with Crippen LogP contribution in [0.3, 0.4) is 0 Å². The quantitative estimate of drug-likeness (QED) is 0.541. The standard InChI is InChI=1S/C16H28ClN3/c1-6-8-9-10-16(4,5)11-18-15-12(3)14(17)19-13(7-2)20-15/h6-11H2,1-5H3,(H,18,19,20). The van der Waals surface area contributed by atoms with Crippen molar-refractivity contribution >= 4 is 17.4 Å². The van der Waals surface area contributed by atoms with Crippen molar-refractivity contribution in [2.75, 3.05) is 11.9 Å². The molecule has 0 radical (unpaired) electrons. The summed E-state index contributed by atoms with van der Waals surface area (Å²) in [6.07, 6.45) is 5.89. The number of aromatic nitrogens is 2. The minimum atomic E-state index is 0.269. The third-order valence-corrected chi connectivity index (χ3v) is 4.01. The second kappa shape index (κ2) is 7.82. The SMILES string of the molecule is CCCCCC(C)(C)CNc1nc(CC)nc(Cl)c1C. The number of nitrogens with one attached hydrogen (secondary N) is 1. The summed E-state index contributed by atoms with van der Waals surface area (Å²) in [5.41, 5.74) is 1.21. The molecule has 1 heterocycles. The van der Waals surface area contributed by atoms with Crippen LogP contribution in [0.4, 0.5) is 5.82 Å². The highest BCUT2D eigenvalue weighted by molar-refractivity contribution is 6.30. The first-order chi connectivity index (χ1) is 9.39. The molecule has 1 aromatic rings. The molecule has 0 atom stereocenters. The molecular formula is C16H28ClN3. The van der Waals surface area contributed by atoms with Crippen LogP contribution in [-0.2, 0) is 6.42 Å². The van der Waals surface area contributed by atoms with Crippen LogP contribution in [0.25, 0.3) is 0 Å². The lowest BCUT2D eigenvalue weighted by atomic mass is 9.87. The fourth-order valence-corrected chi connectivity index (χ4v) is 2.31. The average Bonchev–Trinajstić information content (AvgIpc) is 2.40. The van der Waals surface area contributed by atoms with Gasteiger partial charge < -0.3 is 5.32 Å².